The van der Waals surface area contributed by atoms with Gasteiger partial charge in [0.1, 0.15) is 5.82 Å². The Morgan fingerprint density at radius 3 is 2.48 bits per heavy atom. The lowest BCUT2D eigenvalue weighted by Gasteiger charge is -2.24. The van der Waals surface area contributed by atoms with E-state index >= 15 is 0 Å². The highest BCUT2D eigenvalue weighted by molar-refractivity contribution is 5.47. The molecule has 0 saturated carbocycles. The predicted molar refractivity (Wildman–Crippen MR) is 82.8 cm³/mol. The standard InChI is InChI=1S/C17H21FN2O/c1-3-20(15-7-4-13(2)5-8-15)11-10-17(21)16-9-6-14(18)12-19-16/h4-9,12,17,21H,3,10-11H2,1-2H3. The van der Waals surface area contributed by atoms with Crippen LogP contribution < -0.4 is 4.90 Å². The van der Waals surface area contributed by atoms with Crippen molar-refractivity contribution < 1.29 is 9.50 Å². The third-order valence-corrected chi connectivity index (χ3v) is 3.54. The molecule has 0 aliphatic heterocycles. The first-order valence-electron chi connectivity index (χ1n) is 7.21. The number of aliphatic hydroxyl groups is 1. The summed E-state index contributed by atoms with van der Waals surface area (Å²) in [6.07, 6.45) is 1.02. The predicted octanol–water partition coefficient (Wildman–Crippen LogP) is 3.48. The van der Waals surface area contributed by atoms with Crippen molar-refractivity contribution in [1.29, 1.82) is 0 Å². The fourth-order valence-corrected chi connectivity index (χ4v) is 2.24. The van der Waals surface area contributed by atoms with Crippen LogP contribution in [0, 0.1) is 12.7 Å². The Labute approximate surface area is 125 Å². The average Bonchev–Trinajstić information content (AvgIpc) is 2.50. The van der Waals surface area contributed by atoms with Crippen LogP contribution in [0.15, 0.2) is 42.6 Å². The molecule has 1 aromatic heterocycles. The highest BCUT2D eigenvalue weighted by Crippen LogP contribution is 2.19. The molecule has 2 aromatic rings. The zero-order valence-corrected chi connectivity index (χ0v) is 12.5. The van der Waals surface area contributed by atoms with Gasteiger partial charge in [-0.15, -0.1) is 0 Å². The molecule has 1 N–H and O–H groups in total. The summed E-state index contributed by atoms with van der Waals surface area (Å²) in [4.78, 5) is 6.12. The normalized spacial score (nSPS) is 12.2. The van der Waals surface area contributed by atoms with Crippen LogP contribution in [-0.2, 0) is 0 Å². The van der Waals surface area contributed by atoms with Crippen molar-refractivity contribution in [2.45, 2.75) is 26.4 Å². The summed E-state index contributed by atoms with van der Waals surface area (Å²) in [5.41, 5.74) is 2.88. The number of anilines is 1. The van der Waals surface area contributed by atoms with Crippen LogP contribution in [0.4, 0.5) is 10.1 Å². The summed E-state index contributed by atoms with van der Waals surface area (Å²) in [5.74, 6) is -0.388. The fraction of sp³-hybridized carbons (Fsp3) is 0.353. The molecule has 112 valence electrons. The number of rotatable bonds is 6. The van der Waals surface area contributed by atoms with Crippen LogP contribution in [0.1, 0.15) is 30.7 Å². The number of aromatic nitrogens is 1. The van der Waals surface area contributed by atoms with Crippen molar-refractivity contribution in [3.05, 3.63) is 59.7 Å². The second-order valence-corrected chi connectivity index (χ2v) is 5.12. The Balaban J connectivity index is 1.96. The maximum atomic E-state index is 12.8. The Kier molecular flexibility index (Phi) is 5.28. The number of halogens is 1. The molecule has 0 amide bonds. The van der Waals surface area contributed by atoms with Gasteiger partial charge in [-0.05, 0) is 44.5 Å². The van der Waals surface area contributed by atoms with Gasteiger partial charge < -0.3 is 10.0 Å². The second kappa shape index (κ2) is 7.18. The van der Waals surface area contributed by atoms with Crippen molar-refractivity contribution in [2.24, 2.45) is 0 Å². The van der Waals surface area contributed by atoms with E-state index in [1.807, 2.05) is 0 Å². The Morgan fingerprint density at radius 2 is 1.90 bits per heavy atom. The molecule has 0 bridgehead atoms. The van der Waals surface area contributed by atoms with E-state index in [0.717, 1.165) is 25.0 Å². The van der Waals surface area contributed by atoms with Gasteiger partial charge in [0, 0.05) is 18.8 Å². The second-order valence-electron chi connectivity index (χ2n) is 5.12. The van der Waals surface area contributed by atoms with E-state index in [0.29, 0.717) is 12.1 Å². The van der Waals surface area contributed by atoms with Crippen molar-refractivity contribution in [2.75, 3.05) is 18.0 Å². The molecule has 0 spiro atoms. The van der Waals surface area contributed by atoms with Gasteiger partial charge in [0.2, 0.25) is 0 Å². The van der Waals surface area contributed by atoms with Crippen LogP contribution in [0.2, 0.25) is 0 Å². The number of pyridine rings is 1. The average molecular weight is 288 g/mol. The van der Waals surface area contributed by atoms with Gasteiger partial charge in [-0.2, -0.15) is 0 Å². The third-order valence-electron chi connectivity index (χ3n) is 3.54. The minimum Gasteiger partial charge on any atom is -0.387 e. The molecule has 2 rings (SSSR count). The first kappa shape index (κ1) is 15.4. The quantitative estimate of drug-likeness (QED) is 0.884. The Morgan fingerprint density at radius 1 is 1.19 bits per heavy atom. The molecule has 1 atom stereocenters. The summed E-state index contributed by atoms with van der Waals surface area (Å²) < 4.78 is 12.8. The molecular weight excluding hydrogens is 267 g/mol. The topological polar surface area (TPSA) is 36.4 Å². The zero-order chi connectivity index (χ0) is 15.2. The van der Waals surface area contributed by atoms with Crippen LogP contribution in [0.25, 0.3) is 0 Å². The first-order chi connectivity index (χ1) is 10.1. The highest BCUT2D eigenvalue weighted by Gasteiger charge is 2.12. The molecule has 4 heteroatoms. The zero-order valence-electron chi connectivity index (χ0n) is 12.5. The molecular formula is C17H21FN2O. The molecule has 3 nitrogen and oxygen atoms in total. The van der Waals surface area contributed by atoms with Crippen molar-refractivity contribution in [3.63, 3.8) is 0 Å². The van der Waals surface area contributed by atoms with E-state index in [1.165, 1.54) is 17.7 Å². The molecule has 0 fully saturated rings. The van der Waals surface area contributed by atoms with Gasteiger partial charge in [-0.1, -0.05) is 17.7 Å². The molecule has 0 saturated heterocycles. The lowest BCUT2D eigenvalue weighted by Crippen LogP contribution is -2.25. The first-order valence-corrected chi connectivity index (χ1v) is 7.21. The minimum atomic E-state index is -0.676. The maximum Gasteiger partial charge on any atom is 0.141 e. The van der Waals surface area contributed by atoms with E-state index in [-0.39, 0.29) is 5.82 Å². The van der Waals surface area contributed by atoms with Gasteiger partial charge >= 0.3 is 0 Å². The molecule has 21 heavy (non-hydrogen) atoms. The SMILES string of the molecule is CCN(CCC(O)c1ccc(F)cn1)c1ccc(C)cc1. The van der Waals surface area contributed by atoms with Crippen LogP contribution >= 0.6 is 0 Å². The van der Waals surface area contributed by atoms with Gasteiger partial charge in [-0.25, -0.2) is 4.39 Å². The number of nitrogens with zero attached hydrogens (tertiary/aromatic N) is 2. The van der Waals surface area contributed by atoms with Crippen LogP contribution in [0.5, 0.6) is 0 Å². The number of benzene rings is 1. The van der Waals surface area contributed by atoms with Gasteiger partial charge in [-0.3, -0.25) is 4.98 Å². The molecule has 0 aliphatic rings. The van der Waals surface area contributed by atoms with E-state index < -0.39 is 6.10 Å². The number of hydrogen-bond acceptors (Lipinski definition) is 3. The molecule has 1 aromatic carbocycles. The molecule has 1 unspecified atom stereocenters. The van der Waals surface area contributed by atoms with E-state index in [4.69, 9.17) is 0 Å². The third kappa shape index (κ3) is 4.26. The smallest absolute Gasteiger partial charge is 0.141 e. The molecule has 0 radical (unpaired) electrons. The minimum absolute atomic E-state index is 0.388. The molecule has 1 heterocycles. The lowest BCUT2D eigenvalue weighted by molar-refractivity contribution is 0.164. The summed E-state index contributed by atoms with van der Waals surface area (Å²) >= 11 is 0. The number of aliphatic hydroxyl groups excluding tert-OH is 1. The number of hydrogen-bond donors (Lipinski definition) is 1. The van der Waals surface area contributed by atoms with Crippen LogP contribution in [0.3, 0.4) is 0 Å². The van der Waals surface area contributed by atoms with E-state index in [2.05, 4.69) is 48.0 Å². The lowest BCUT2D eigenvalue weighted by atomic mass is 10.1. The maximum absolute atomic E-state index is 12.8. The van der Waals surface area contributed by atoms with Crippen molar-refractivity contribution in [1.82, 2.24) is 4.98 Å². The van der Waals surface area contributed by atoms with Gasteiger partial charge in [0.25, 0.3) is 0 Å². The van der Waals surface area contributed by atoms with Crippen molar-refractivity contribution in [3.8, 4) is 0 Å². The highest BCUT2D eigenvalue weighted by atomic mass is 19.1. The summed E-state index contributed by atoms with van der Waals surface area (Å²) in [6.45, 7) is 5.73. The van der Waals surface area contributed by atoms with Crippen LogP contribution in [-0.4, -0.2) is 23.2 Å². The summed E-state index contributed by atoms with van der Waals surface area (Å²) in [5, 5.41) is 10.1. The number of aryl methyl sites for hydroxylation is 1. The van der Waals surface area contributed by atoms with E-state index in [9.17, 15) is 9.50 Å². The monoisotopic (exact) mass is 288 g/mol. The van der Waals surface area contributed by atoms with Crippen molar-refractivity contribution >= 4 is 5.69 Å². The summed E-state index contributed by atoms with van der Waals surface area (Å²) in [6, 6.07) is 11.2. The van der Waals surface area contributed by atoms with Gasteiger partial charge in [0.15, 0.2) is 0 Å². The van der Waals surface area contributed by atoms with Gasteiger partial charge in [0.05, 0.1) is 18.0 Å². The fourth-order valence-electron chi connectivity index (χ4n) is 2.24. The molecule has 0 aliphatic carbocycles. The Hall–Kier alpha value is -1.94. The Bertz CT molecular complexity index is 554. The van der Waals surface area contributed by atoms with E-state index in [1.54, 1.807) is 0 Å². The summed E-state index contributed by atoms with van der Waals surface area (Å²) in [7, 11) is 0. The largest absolute Gasteiger partial charge is 0.387 e.